The average Bonchev–Trinajstić information content (AvgIpc) is 2.98. The summed E-state index contributed by atoms with van der Waals surface area (Å²) < 4.78 is 7.85. The van der Waals surface area contributed by atoms with Crippen LogP contribution in [-0.2, 0) is 9.53 Å². The van der Waals surface area contributed by atoms with Gasteiger partial charge in [-0.2, -0.15) is 5.10 Å². The van der Waals surface area contributed by atoms with E-state index < -0.39 is 0 Å². The van der Waals surface area contributed by atoms with Gasteiger partial charge in [0, 0.05) is 15.7 Å². The number of hydrogen-bond acceptors (Lipinski definition) is 4. The molecule has 1 heterocycles. The lowest BCUT2D eigenvalue weighted by Gasteiger charge is -2.08. The Kier molecular flexibility index (Phi) is 6.41. The second kappa shape index (κ2) is 8.97. The summed E-state index contributed by atoms with van der Waals surface area (Å²) in [5, 5.41) is 4.73. The van der Waals surface area contributed by atoms with Crippen LogP contribution in [-0.4, -0.2) is 28.1 Å². The molecule has 0 aliphatic carbocycles. The molecule has 0 N–H and O–H groups in total. The van der Waals surface area contributed by atoms with Gasteiger partial charge in [0.05, 0.1) is 24.4 Å². The fraction of sp³-hybridized carbons (Fsp3) is 0.227. The standard InChI is InChI=1S/C22H22BrN3O2/c1-4-28-20(27)13-15(2)24-22-21(17-9-8-10-18(23)14-17)16(3)25-26(22)19-11-6-5-7-12-19/h5-12,14H,4,13H2,1-3H3. The molecular formula is C22H22BrN3O2. The third kappa shape index (κ3) is 4.57. The first-order valence-electron chi connectivity index (χ1n) is 9.10. The van der Waals surface area contributed by atoms with E-state index >= 15 is 0 Å². The third-order valence-corrected chi connectivity index (χ3v) is 4.65. The van der Waals surface area contributed by atoms with Crippen LogP contribution in [0.2, 0.25) is 0 Å². The molecule has 28 heavy (non-hydrogen) atoms. The van der Waals surface area contributed by atoms with Gasteiger partial charge in [0.2, 0.25) is 0 Å². The number of ether oxygens (including phenoxy) is 1. The van der Waals surface area contributed by atoms with Gasteiger partial charge >= 0.3 is 5.97 Å². The van der Waals surface area contributed by atoms with Crippen LogP contribution in [0.5, 0.6) is 0 Å². The number of carbonyl (C=O) groups excluding carboxylic acids is 1. The molecule has 6 heteroatoms. The Hall–Kier alpha value is -2.73. The number of aromatic nitrogens is 2. The van der Waals surface area contributed by atoms with E-state index in [0.717, 1.165) is 27.0 Å². The average molecular weight is 440 g/mol. The first kappa shape index (κ1) is 20.0. The van der Waals surface area contributed by atoms with Crippen LogP contribution in [0.25, 0.3) is 16.8 Å². The number of nitrogens with zero attached hydrogens (tertiary/aromatic N) is 3. The molecule has 0 saturated heterocycles. The van der Waals surface area contributed by atoms with Gasteiger partial charge in [-0.1, -0.05) is 46.3 Å². The van der Waals surface area contributed by atoms with Crippen LogP contribution >= 0.6 is 15.9 Å². The summed E-state index contributed by atoms with van der Waals surface area (Å²) in [6.07, 6.45) is 0.144. The molecule has 1 aromatic heterocycles. The van der Waals surface area contributed by atoms with Crippen molar-refractivity contribution < 1.29 is 9.53 Å². The van der Waals surface area contributed by atoms with Crippen LogP contribution in [0, 0.1) is 6.92 Å². The van der Waals surface area contributed by atoms with Gasteiger partial charge in [0.25, 0.3) is 0 Å². The maximum absolute atomic E-state index is 11.9. The predicted molar refractivity (Wildman–Crippen MR) is 115 cm³/mol. The summed E-state index contributed by atoms with van der Waals surface area (Å²) >= 11 is 3.54. The van der Waals surface area contributed by atoms with Crippen LogP contribution in [0.3, 0.4) is 0 Å². The van der Waals surface area contributed by atoms with Crippen molar-refractivity contribution in [1.29, 1.82) is 0 Å². The predicted octanol–water partition coefficient (Wildman–Crippen LogP) is 5.66. The number of aryl methyl sites for hydroxylation is 1. The maximum atomic E-state index is 11.9. The lowest BCUT2D eigenvalue weighted by atomic mass is 10.1. The normalized spacial score (nSPS) is 11.5. The van der Waals surface area contributed by atoms with Crippen molar-refractivity contribution in [3.63, 3.8) is 0 Å². The zero-order valence-electron chi connectivity index (χ0n) is 16.1. The van der Waals surface area contributed by atoms with Crippen molar-refractivity contribution in [3.05, 3.63) is 64.8 Å². The van der Waals surface area contributed by atoms with E-state index in [1.54, 1.807) is 6.92 Å². The highest BCUT2D eigenvalue weighted by Gasteiger charge is 2.19. The lowest BCUT2D eigenvalue weighted by molar-refractivity contribution is -0.141. The highest BCUT2D eigenvalue weighted by Crippen LogP contribution is 2.36. The minimum absolute atomic E-state index is 0.144. The molecule has 144 valence electrons. The van der Waals surface area contributed by atoms with Gasteiger partial charge in [0.1, 0.15) is 0 Å². The molecule has 5 nitrogen and oxygen atoms in total. The molecule has 0 spiro atoms. The molecule has 0 radical (unpaired) electrons. The Morgan fingerprint density at radius 3 is 2.61 bits per heavy atom. The number of benzene rings is 2. The molecule has 0 unspecified atom stereocenters. The van der Waals surface area contributed by atoms with Gasteiger partial charge in [-0.3, -0.25) is 4.79 Å². The minimum atomic E-state index is -0.282. The summed E-state index contributed by atoms with van der Waals surface area (Å²) in [7, 11) is 0. The molecule has 0 aliphatic rings. The summed E-state index contributed by atoms with van der Waals surface area (Å²) in [5.41, 5.74) is 4.40. The van der Waals surface area contributed by atoms with Crippen LogP contribution < -0.4 is 0 Å². The SMILES string of the molecule is CCOC(=O)CC(C)=Nc1c(-c2cccc(Br)c2)c(C)nn1-c1ccccc1. The van der Waals surface area contributed by atoms with E-state index in [-0.39, 0.29) is 12.4 Å². The fourth-order valence-corrected chi connectivity index (χ4v) is 3.39. The number of aliphatic imine (C=N–C) groups is 1. The molecule has 0 bridgehead atoms. The Morgan fingerprint density at radius 1 is 1.18 bits per heavy atom. The van der Waals surface area contributed by atoms with Crippen LogP contribution in [0.4, 0.5) is 5.82 Å². The van der Waals surface area contributed by atoms with Crippen molar-refractivity contribution in [2.75, 3.05) is 6.61 Å². The number of esters is 1. The first-order chi connectivity index (χ1) is 13.5. The maximum Gasteiger partial charge on any atom is 0.311 e. The zero-order valence-corrected chi connectivity index (χ0v) is 17.7. The van der Waals surface area contributed by atoms with Crippen LogP contribution in [0.15, 0.2) is 64.1 Å². The second-order valence-corrected chi connectivity index (χ2v) is 7.29. The Labute approximate surface area is 173 Å². The molecule has 3 rings (SSSR count). The van der Waals surface area contributed by atoms with Crippen LogP contribution in [0.1, 0.15) is 26.0 Å². The van der Waals surface area contributed by atoms with Crippen molar-refractivity contribution >= 4 is 33.4 Å². The Balaban J connectivity index is 2.15. The number of carbonyl (C=O) groups is 1. The van der Waals surface area contributed by atoms with Gasteiger partial charge in [-0.25, -0.2) is 9.67 Å². The molecule has 3 aromatic rings. The zero-order chi connectivity index (χ0) is 20.1. The topological polar surface area (TPSA) is 56.5 Å². The molecule has 0 saturated carbocycles. The van der Waals surface area contributed by atoms with E-state index in [0.29, 0.717) is 18.1 Å². The van der Waals surface area contributed by atoms with E-state index in [1.807, 2.05) is 73.1 Å². The van der Waals surface area contributed by atoms with Crippen molar-refractivity contribution in [1.82, 2.24) is 9.78 Å². The summed E-state index contributed by atoms with van der Waals surface area (Å²) in [6, 6.07) is 17.9. The second-order valence-electron chi connectivity index (χ2n) is 6.37. The largest absolute Gasteiger partial charge is 0.466 e. The monoisotopic (exact) mass is 439 g/mol. The number of rotatable bonds is 6. The Morgan fingerprint density at radius 2 is 1.93 bits per heavy atom. The summed E-state index contributed by atoms with van der Waals surface area (Å²) in [5.74, 6) is 0.416. The molecule has 0 amide bonds. The van der Waals surface area contributed by atoms with Crippen molar-refractivity contribution in [2.24, 2.45) is 4.99 Å². The number of hydrogen-bond donors (Lipinski definition) is 0. The van der Waals surface area contributed by atoms with E-state index in [9.17, 15) is 4.79 Å². The van der Waals surface area contributed by atoms with E-state index in [4.69, 9.17) is 14.8 Å². The first-order valence-corrected chi connectivity index (χ1v) is 9.89. The van der Waals surface area contributed by atoms with Gasteiger partial charge in [0.15, 0.2) is 5.82 Å². The summed E-state index contributed by atoms with van der Waals surface area (Å²) in [6.45, 7) is 5.95. The van der Waals surface area contributed by atoms with Crippen molar-refractivity contribution in [3.8, 4) is 16.8 Å². The van der Waals surface area contributed by atoms with E-state index in [1.165, 1.54) is 0 Å². The highest BCUT2D eigenvalue weighted by atomic mass is 79.9. The smallest absolute Gasteiger partial charge is 0.311 e. The van der Waals surface area contributed by atoms with E-state index in [2.05, 4.69) is 15.9 Å². The molecular weight excluding hydrogens is 418 g/mol. The van der Waals surface area contributed by atoms with Gasteiger partial charge in [-0.15, -0.1) is 0 Å². The minimum Gasteiger partial charge on any atom is -0.466 e. The Bertz CT molecular complexity index is 1010. The molecule has 2 aromatic carbocycles. The molecule has 0 atom stereocenters. The lowest BCUT2D eigenvalue weighted by Crippen LogP contribution is -2.09. The molecule has 0 fully saturated rings. The van der Waals surface area contributed by atoms with Gasteiger partial charge < -0.3 is 4.74 Å². The third-order valence-electron chi connectivity index (χ3n) is 4.15. The van der Waals surface area contributed by atoms with Crippen molar-refractivity contribution in [2.45, 2.75) is 27.2 Å². The quantitative estimate of drug-likeness (QED) is 0.367. The molecule has 0 aliphatic heterocycles. The fourth-order valence-electron chi connectivity index (χ4n) is 2.99. The van der Waals surface area contributed by atoms with Gasteiger partial charge in [-0.05, 0) is 50.6 Å². The number of para-hydroxylation sites is 1. The summed E-state index contributed by atoms with van der Waals surface area (Å²) in [4.78, 5) is 16.7. The highest BCUT2D eigenvalue weighted by molar-refractivity contribution is 9.10. The number of halogens is 1.